The van der Waals surface area contributed by atoms with Crippen molar-refractivity contribution in [2.75, 3.05) is 5.32 Å². The smallest absolute Gasteiger partial charge is 0.261 e. The van der Waals surface area contributed by atoms with Crippen LogP contribution in [0.25, 0.3) is 10.6 Å². The normalized spacial score (nSPS) is 16.5. The van der Waals surface area contributed by atoms with Gasteiger partial charge in [0.25, 0.3) is 17.7 Å². The predicted octanol–water partition coefficient (Wildman–Crippen LogP) is 4.39. The molecular formula is C23H20N4O3S. The fourth-order valence-corrected chi connectivity index (χ4v) is 4.96. The van der Waals surface area contributed by atoms with Crippen LogP contribution in [0.2, 0.25) is 0 Å². The number of nitrogens with one attached hydrogen (secondary N) is 1. The highest BCUT2D eigenvalue weighted by Gasteiger charge is 2.40. The van der Waals surface area contributed by atoms with Gasteiger partial charge < -0.3 is 0 Å². The maximum atomic E-state index is 13.0. The summed E-state index contributed by atoms with van der Waals surface area (Å²) in [7, 11) is 0. The SMILES string of the molecule is O=C(Nc1nnc(-c2ccccc2)s1)c1ccc2c(c1)C(=O)N(C1CCCCC1)C2=O. The molecule has 1 saturated carbocycles. The molecule has 0 spiro atoms. The Hall–Kier alpha value is -3.39. The van der Waals surface area contributed by atoms with Gasteiger partial charge in [-0.1, -0.05) is 60.9 Å². The molecule has 2 aromatic carbocycles. The van der Waals surface area contributed by atoms with Crippen molar-refractivity contribution in [3.63, 3.8) is 0 Å². The second-order valence-electron chi connectivity index (χ2n) is 7.77. The Balaban J connectivity index is 1.34. The van der Waals surface area contributed by atoms with E-state index in [1.807, 2.05) is 30.3 Å². The van der Waals surface area contributed by atoms with E-state index in [0.717, 1.165) is 37.7 Å². The van der Waals surface area contributed by atoms with Gasteiger partial charge in [-0.25, -0.2) is 0 Å². The van der Waals surface area contributed by atoms with Crippen LogP contribution in [0.4, 0.5) is 5.13 Å². The average Bonchev–Trinajstić information content (AvgIpc) is 3.37. The molecule has 0 saturated heterocycles. The van der Waals surface area contributed by atoms with Gasteiger partial charge in [0.15, 0.2) is 0 Å². The Bertz CT molecular complexity index is 1170. The zero-order valence-electron chi connectivity index (χ0n) is 16.7. The summed E-state index contributed by atoms with van der Waals surface area (Å²) < 4.78 is 0. The van der Waals surface area contributed by atoms with Gasteiger partial charge in [-0.3, -0.25) is 24.6 Å². The number of nitrogens with zero attached hydrogens (tertiary/aromatic N) is 3. The van der Waals surface area contributed by atoms with Crippen molar-refractivity contribution < 1.29 is 14.4 Å². The minimum atomic E-state index is -0.394. The molecule has 0 unspecified atom stereocenters. The summed E-state index contributed by atoms with van der Waals surface area (Å²) in [6.45, 7) is 0. The molecule has 0 radical (unpaired) electrons. The van der Waals surface area contributed by atoms with E-state index >= 15 is 0 Å². The van der Waals surface area contributed by atoms with Crippen LogP contribution in [0.3, 0.4) is 0 Å². The minimum Gasteiger partial charge on any atom is -0.296 e. The summed E-state index contributed by atoms with van der Waals surface area (Å²) in [5, 5.41) is 12.0. The molecule has 0 bridgehead atoms. The number of anilines is 1. The van der Waals surface area contributed by atoms with E-state index in [-0.39, 0.29) is 17.9 Å². The van der Waals surface area contributed by atoms with Crippen molar-refractivity contribution >= 4 is 34.2 Å². The number of hydrogen-bond donors (Lipinski definition) is 1. The van der Waals surface area contributed by atoms with Gasteiger partial charge in [0, 0.05) is 17.2 Å². The lowest BCUT2D eigenvalue weighted by atomic mass is 9.94. The molecule has 8 heteroatoms. The molecule has 1 aliphatic carbocycles. The fraction of sp³-hybridized carbons (Fsp3) is 0.261. The van der Waals surface area contributed by atoms with Crippen LogP contribution >= 0.6 is 11.3 Å². The van der Waals surface area contributed by atoms with E-state index in [1.54, 1.807) is 12.1 Å². The molecule has 156 valence electrons. The Morgan fingerprint density at radius 3 is 2.45 bits per heavy atom. The lowest BCUT2D eigenvalue weighted by molar-refractivity contribution is 0.0549. The number of fused-ring (bicyclic) bond motifs is 1. The maximum absolute atomic E-state index is 13.0. The second-order valence-corrected chi connectivity index (χ2v) is 8.74. The standard InChI is InChI=1S/C23H20N4O3S/c28-19(24-23-26-25-20(31-23)14-7-3-1-4-8-14)15-11-12-17-18(13-15)22(30)27(21(17)29)16-9-5-2-6-10-16/h1,3-4,7-8,11-13,16H,2,5-6,9-10H2,(H,24,26,28). The predicted molar refractivity (Wildman–Crippen MR) is 117 cm³/mol. The van der Waals surface area contributed by atoms with Gasteiger partial charge in [0.1, 0.15) is 5.01 Å². The molecule has 1 aliphatic heterocycles. The van der Waals surface area contributed by atoms with Crippen molar-refractivity contribution in [3.8, 4) is 10.6 Å². The van der Waals surface area contributed by atoms with Crippen LogP contribution in [0, 0.1) is 0 Å². The van der Waals surface area contributed by atoms with E-state index in [9.17, 15) is 14.4 Å². The van der Waals surface area contributed by atoms with Gasteiger partial charge in [0.2, 0.25) is 5.13 Å². The van der Waals surface area contributed by atoms with Crippen LogP contribution in [-0.4, -0.2) is 38.9 Å². The lowest BCUT2D eigenvalue weighted by Gasteiger charge is -2.29. The molecule has 31 heavy (non-hydrogen) atoms. The molecule has 3 aromatic rings. The zero-order valence-corrected chi connectivity index (χ0v) is 17.5. The summed E-state index contributed by atoms with van der Waals surface area (Å²) in [5.74, 6) is -0.950. The van der Waals surface area contributed by atoms with Crippen LogP contribution in [0.1, 0.15) is 63.2 Å². The Morgan fingerprint density at radius 1 is 0.935 bits per heavy atom. The van der Waals surface area contributed by atoms with Crippen molar-refractivity contribution in [1.82, 2.24) is 15.1 Å². The molecule has 7 nitrogen and oxygen atoms in total. The number of amides is 3. The first-order valence-electron chi connectivity index (χ1n) is 10.3. The number of aromatic nitrogens is 2. The van der Waals surface area contributed by atoms with Crippen LogP contribution in [-0.2, 0) is 0 Å². The van der Waals surface area contributed by atoms with E-state index < -0.39 is 5.91 Å². The van der Waals surface area contributed by atoms with Crippen molar-refractivity contribution in [1.29, 1.82) is 0 Å². The monoisotopic (exact) mass is 432 g/mol. The molecule has 1 aromatic heterocycles. The molecule has 3 amide bonds. The van der Waals surface area contributed by atoms with Gasteiger partial charge in [0.05, 0.1) is 11.1 Å². The van der Waals surface area contributed by atoms with E-state index in [0.29, 0.717) is 26.8 Å². The van der Waals surface area contributed by atoms with E-state index in [4.69, 9.17) is 0 Å². The maximum Gasteiger partial charge on any atom is 0.261 e. The highest BCUT2D eigenvalue weighted by molar-refractivity contribution is 7.18. The highest BCUT2D eigenvalue weighted by Crippen LogP contribution is 2.32. The number of imide groups is 1. The third kappa shape index (κ3) is 3.63. The zero-order chi connectivity index (χ0) is 21.4. The molecule has 5 rings (SSSR count). The molecule has 1 fully saturated rings. The Labute approximate surface area is 183 Å². The van der Waals surface area contributed by atoms with Crippen LogP contribution in [0.5, 0.6) is 0 Å². The van der Waals surface area contributed by atoms with Gasteiger partial charge in [-0.05, 0) is 31.0 Å². The molecule has 2 heterocycles. The summed E-state index contributed by atoms with van der Waals surface area (Å²) in [5.41, 5.74) is 1.90. The number of benzene rings is 2. The third-order valence-electron chi connectivity index (χ3n) is 5.79. The molecule has 0 atom stereocenters. The molecule has 2 aliphatic rings. The number of carbonyl (C=O) groups excluding carboxylic acids is 3. The summed E-state index contributed by atoms with van der Waals surface area (Å²) in [6.07, 6.45) is 4.89. The Morgan fingerprint density at radius 2 is 1.68 bits per heavy atom. The van der Waals surface area contributed by atoms with Crippen molar-refractivity contribution in [2.45, 2.75) is 38.1 Å². The largest absolute Gasteiger partial charge is 0.296 e. The van der Waals surface area contributed by atoms with E-state index in [2.05, 4.69) is 15.5 Å². The number of hydrogen-bond acceptors (Lipinski definition) is 6. The number of rotatable bonds is 4. The fourth-order valence-electron chi connectivity index (χ4n) is 4.21. The first kappa shape index (κ1) is 19.6. The summed E-state index contributed by atoms with van der Waals surface area (Å²) in [6, 6.07) is 14.2. The highest BCUT2D eigenvalue weighted by atomic mass is 32.1. The van der Waals surface area contributed by atoms with Gasteiger partial charge in [-0.2, -0.15) is 0 Å². The average molecular weight is 433 g/mol. The van der Waals surface area contributed by atoms with Crippen LogP contribution < -0.4 is 5.32 Å². The second kappa shape index (κ2) is 8.03. The topological polar surface area (TPSA) is 92.3 Å². The van der Waals surface area contributed by atoms with Gasteiger partial charge >= 0.3 is 0 Å². The minimum absolute atomic E-state index is 0.0452. The third-order valence-corrected chi connectivity index (χ3v) is 6.67. The Kier molecular flexibility index (Phi) is 5.07. The van der Waals surface area contributed by atoms with Crippen LogP contribution in [0.15, 0.2) is 48.5 Å². The van der Waals surface area contributed by atoms with Crippen molar-refractivity contribution in [2.24, 2.45) is 0 Å². The first-order chi connectivity index (χ1) is 15.1. The van der Waals surface area contributed by atoms with Gasteiger partial charge in [-0.15, -0.1) is 10.2 Å². The summed E-state index contributed by atoms with van der Waals surface area (Å²) in [4.78, 5) is 39.9. The van der Waals surface area contributed by atoms with E-state index in [1.165, 1.54) is 22.3 Å². The molecule has 1 N–H and O–H groups in total. The molecular weight excluding hydrogens is 412 g/mol. The number of carbonyl (C=O) groups is 3. The van der Waals surface area contributed by atoms with Crippen molar-refractivity contribution in [3.05, 3.63) is 65.2 Å². The summed E-state index contributed by atoms with van der Waals surface area (Å²) >= 11 is 1.27. The quantitative estimate of drug-likeness (QED) is 0.618. The first-order valence-corrected chi connectivity index (χ1v) is 11.2. The lowest BCUT2D eigenvalue weighted by Crippen LogP contribution is -2.40.